The monoisotopic (exact) mass is 357 g/mol. The molecule has 1 aromatic rings. The molecule has 21 heavy (non-hydrogen) atoms. The molecule has 114 valence electrons. The first-order valence-electron chi connectivity index (χ1n) is 6.88. The number of nitrogens with zero attached hydrogens (tertiary/aromatic N) is 1. The second kappa shape index (κ2) is 6.13. The summed E-state index contributed by atoms with van der Waals surface area (Å²) in [5.74, 6) is -1.78. The summed E-state index contributed by atoms with van der Waals surface area (Å²) in [5.41, 5.74) is -0.750. The zero-order valence-corrected chi connectivity index (χ0v) is 13.3. The number of rotatable bonds is 3. The summed E-state index contributed by atoms with van der Waals surface area (Å²) in [5, 5.41) is 9.35. The number of piperidine rings is 1. The van der Waals surface area contributed by atoms with E-state index in [-0.39, 0.29) is 5.56 Å². The minimum atomic E-state index is -0.816. The van der Waals surface area contributed by atoms with Crippen LogP contribution in [0.15, 0.2) is 22.7 Å². The van der Waals surface area contributed by atoms with Crippen LogP contribution in [0.2, 0.25) is 0 Å². The van der Waals surface area contributed by atoms with E-state index in [4.69, 9.17) is 0 Å². The molecule has 6 heteroatoms. The number of hydrogen-bond donors (Lipinski definition) is 1. The third kappa shape index (κ3) is 2.95. The highest BCUT2D eigenvalue weighted by atomic mass is 79.9. The SMILES string of the molecule is CCC1(C(=O)O)CCN(C(=O)c2c(F)cccc2Br)CC1. The fourth-order valence-corrected chi connectivity index (χ4v) is 3.23. The van der Waals surface area contributed by atoms with Gasteiger partial charge in [-0.15, -0.1) is 0 Å². The summed E-state index contributed by atoms with van der Waals surface area (Å²) in [6.07, 6.45) is 1.33. The van der Waals surface area contributed by atoms with E-state index < -0.39 is 23.1 Å². The molecule has 0 aliphatic carbocycles. The molecule has 0 unspecified atom stereocenters. The number of amides is 1. The molecule has 0 spiro atoms. The van der Waals surface area contributed by atoms with Crippen LogP contribution >= 0.6 is 15.9 Å². The van der Waals surface area contributed by atoms with Gasteiger partial charge >= 0.3 is 5.97 Å². The van der Waals surface area contributed by atoms with Crippen molar-refractivity contribution in [1.29, 1.82) is 0 Å². The van der Waals surface area contributed by atoms with Crippen molar-refractivity contribution in [3.8, 4) is 0 Å². The van der Waals surface area contributed by atoms with E-state index in [1.54, 1.807) is 6.07 Å². The predicted molar refractivity (Wildman–Crippen MR) is 79.6 cm³/mol. The molecule has 0 saturated carbocycles. The van der Waals surface area contributed by atoms with Gasteiger partial charge in [-0.1, -0.05) is 13.0 Å². The molecule has 1 aliphatic heterocycles. The van der Waals surface area contributed by atoms with E-state index >= 15 is 0 Å². The van der Waals surface area contributed by atoms with Crippen molar-refractivity contribution in [2.45, 2.75) is 26.2 Å². The molecule has 1 saturated heterocycles. The van der Waals surface area contributed by atoms with Crippen molar-refractivity contribution < 1.29 is 19.1 Å². The summed E-state index contributed by atoms with van der Waals surface area (Å²) < 4.78 is 14.2. The summed E-state index contributed by atoms with van der Waals surface area (Å²) in [6, 6.07) is 4.39. The number of halogens is 2. The Bertz CT molecular complexity index is 548. The molecular formula is C15H17BrFNO3. The first-order chi connectivity index (χ1) is 9.91. The minimum Gasteiger partial charge on any atom is -0.481 e. The van der Waals surface area contributed by atoms with Crippen LogP contribution in [0.5, 0.6) is 0 Å². The molecule has 1 N–H and O–H groups in total. The normalized spacial score (nSPS) is 17.6. The smallest absolute Gasteiger partial charge is 0.309 e. The quantitative estimate of drug-likeness (QED) is 0.902. The van der Waals surface area contributed by atoms with Crippen molar-refractivity contribution in [1.82, 2.24) is 4.90 Å². The summed E-state index contributed by atoms with van der Waals surface area (Å²) >= 11 is 3.19. The number of likely N-dealkylation sites (tertiary alicyclic amines) is 1. The fraction of sp³-hybridized carbons (Fsp3) is 0.467. The Morgan fingerprint density at radius 3 is 2.48 bits per heavy atom. The molecule has 4 nitrogen and oxygen atoms in total. The first kappa shape index (κ1) is 15.9. The van der Waals surface area contributed by atoms with Crippen molar-refractivity contribution in [3.05, 3.63) is 34.1 Å². The second-order valence-corrected chi connectivity index (χ2v) is 6.18. The Kier molecular flexibility index (Phi) is 4.66. The highest BCUT2D eigenvalue weighted by Crippen LogP contribution is 2.36. The van der Waals surface area contributed by atoms with Crippen LogP contribution in [0.1, 0.15) is 36.5 Å². The van der Waals surface area contributed by atoms with E-state index in [1.165, 1.54) is 17.0 Å². The standard InChI is InChI=1S/C15H17BrFNO3/c1-2-15(14(20)21)6-8-18(9-7-15)13(19)12-10(16)4-3-5-11(12)17/h3-5H,2,6-9H2,1H3,(H,20,21). The van der Waals surface area contributed by atoms with Gasteiger partial charge in [0.2, 0.25) is 0 Å². The third-order valence-corrected chi connectivity index (χ3v) is 4.98. The third-order valence-electron chi connectivity index (χ3n) is 4.31. The number of carboxylic acids is 1. The van der Waals surface area contributed by atoms with Gasteiger partial charge in [-0.05, 0) is 47.3 Å². The zero-order chi connectivity index (χ0) is 15.6. The van der Waals surface area contributed by atoms with E-state index in [0.29, 0.717) is 36.8 Å². The summed E-state index contributed by atoms with van der Waals surface area (Å²) in [6.45, 7) is 2.51. The van der Waals surface area contributed by atoms with Gasteiger partial charge in [0.25, 0.3) is 5.91 Å². The topological polar surface area (TPSA) is 57.6 Å². The van der Waals surface area contributed by atoms with Gasteiger partial charge in [0, 0.05) is 17.6 Å². The molecule has 1 aliphatic rings. The maximum Gasteiger partial charge on any atom is 0.309 e. The predicted octanol–water partition coefficient (Wildman–Crippen LogP) is 3.31. The number of carbonyl (C=O) groups is 2. The number of carbonyl (C=O) groups excluding carboxylic acids is 1. The van der Waals surface area contributed by atoms with Crippen LogP contribution in [0.25, 0.3) is 0 Å². The molecular weight excluding hydrogens is 341 g/mol. The van der Waals surface area contributed by atoms with E-state index in [2.05, 4.69) is 15.9 Å². The van der Waals surface area contributed by atoms with E-state index in [1.807, 2.05) is 6.92 Å². The lowest BCUT2D eigenvalue weighted by Crippen LogP contribution is -2.46. The lowest BCUT2D eigenvalue weighted by Gasteiger charge is -2.38. The average molecular weight is 358 g/mol. The van der Waals surface area contributed by atoms with Crippen LogP contribution in [-0.4, -0.2) is 35.0 Å². The largest absolute Gasteiger partial charge is 0.481 e. The van der Waals surface area contributed by atoms with Crippen LogP contribution in [0.4, 0.5) is 4.39 Å². The van der Waals surface area contributed by atoms with Gasteiger partial charge < -0.3 is 10.0 Å². The molecule has 0 bridgehead atoms. The van der Waals surface area contributed by atoms with Crippen LogP contribution in [0, 0.1) is 11.2 Å². The average Bonchev–Trinajstić information content (AvgIpc) is 2.46. The minimum absolute atomic E-state index is 0.0109. The van der Waals surface area contributed by atoms with Crippen molar-refractivity contribution in [2.75, 3.05) is 13.1 Å². The molecule has 1 amide bonds. The Balaban J connectivity index is 2.16. The number of hydrogen-bond acceptors (Lipinski definition) is 2. The van der Waals surface area contributed by atoms with Crippen LogP contribution in [-0.2, 0) is 4.79 Å². The second-order valence-electron chi connectivity index (χ2n) is 5.33. The molecule has 0 radical (unpaired) electrons. The van der Waals surface area contributed by atoms with Crippen molar-refractivity contribution in [2.24, 2.45) is 5.41 Å². The van der Waals surface area contributed by atoms with Gasteiger partial charge in [-0.2, -0.15) is 0 Å². The molecule has 2 rings (SSSR count). The van der Waals surface area contributed by atoms with Gasteiger partial charge in [0.05, 0.1) is 11.0 Å². The van der Waals surface area contributed by atoms with Crippen molar-refractivity contribution in [3.63, 3.8) is 0 Å². The Hall–Kier alpha value is -1.43. The van der Waals surface area contributed by atoms with E-state index in [0.717, 1.165) is 0 Å². The Morgan fingerprint density at radius 1 is 1.38 bits per heavy atom. The summed E-state index contributed by atoms with van der Waals surface area (Å²) in [4.78, 5) is 25.3. The maximum absolute atomic E-state index is 13.8. The molecule has 1 heterocycles. The van der Waals surface area contributed by atoms with Gasteiger partial charge in [-0.25, -0.2) is 4.39 Å². The molecule has 1 aromatic carbocycles. The van der Waals surface area contributed by atoms with Gasteiger partial charge in [0.1, 0.15) is 5.82 Å². The van der Waals surface area contributed by atoms with E-state index in [9.17, 15) is 19.1 Å². The fourth-order valence-electron chi connectivity index (χ4n) is 2.72. The lowest BCUT2D eigenvalue weighted by atomic mass is 9.76. The number of benzene rings is 1. The number of aliphatic carboxylic acids is 1. The zero-order valence-electron chi connectivity index (χ0n) is 11.7. The van der Waals surface area contributed by atoms with Crippen LogP contribution < -0.4 is 0 Å². The lowest BCUT2D eigenvalue weighted by molar-refractivity contribution is -0.152. The first-order valence-corrected chi connectivity index (χ1v) is 7.67. The highest BCUT2D eigenvalue weighted by molar-refractivity contribution is 9.10. The molecule has 0 atom stereocenters. The molecule has 1 fully saturated rings. The maximum atomic E-state index is 13.8. The Morgan fingerprint density at radius 2 is 2.00 bits per heavy atom. The summed E-state index contributed by atoms with van der Waals surface area (Å²) in [7, 11) is 0. The van der Waals surface area contributed by atoms with Crippen LogP contribution in [0.3, 0.4) is 0 Å². The van der Waals surface area contributed by atoms with Gasteiger partial charge in [-0.3, -0.25) is 9.59 Å². The highest BCUT2D eigenvalue weighted by Gasteiger charge is 2.41. The van der Waals surface area contributed by atoms with Crippen molar-refractivity contribution >= 4 is 27.8 Å². The number of carboxylic acid groups (broad SMARTS) is 1. The Labute approximate surface area is 131 Å². The molecule has 0 aromatic heterocycles. The van der Waals surface area contributed by atoms with Gasteiger partial charge in [0.15, 0.2) is 0 Å².